The fourth-order valence-corrected chi connectivity index (χ4v) is 4.32. The number of hydrogen-bond acceptors (Lipinski definition) is 4. The second-order valence-corrected chi connectivity index (χ2v) is 8.00. The van der Waals surface area contributed by atoms with Crippen molar-refractivity contribution in [2.24, 2.45) is 0 Å². The Balaban J connectivity index is 1.89. The molecule has 0 saturated carbocycles. The Kier molecular flexibility index (Phi) is 4.87. The van der Waals surface area contributed by atoms with E-state index >= 15 is 0 Å². The second-order valence-electron chi connectivity index (χ2n) is 5.74. The summed E-state index contributed by atoms with van der Waals surface area (Å²) in [6.07, 6.45) is 2.44. The van der Waals surface area contributed by atoms with Crippen molar-refractivity contribution in [2.75, 3.05) is 31.9 Å². The van der Waals surface area contributed by atoms with E-state index in [2.05, 4.69) is 18.7 Å². The molecular weight excluding hydrogens is 264 g/mol. The van der Waals surface area contributed by atoms with Crippen molar-refractivity contribution in [3.05, 3.63) is 0 Å². The number of nitrogens with zero attached hydrogens (tertiary/aromatic N) is 2. The summed E-state index contributed by atoms with van der Waals surface area (Å²) in [5.74, 6) is 0.212. The molecule has 19 heavy (non-hydrogen) atoms. The highest BCUT2D eigenvalue weighted by Crippen LogP contribution is 2.22. The van der Waals surface area contributed by atoms with E-state index in [4.69, 9.17) is 4.74 Å². The van der Waals surface area contributed by atoms with E-state index in [0.29, 0.717) is 19.1 Å². The molecule has 2 rings (SSSR count). The fraction of sp³-hybridized carbons (Fsp3) is 1.00. The van der Waals surface area contributed by atoms with E-state index in [9.17, 15) is 8.42 Å². The summed E-state index contributed by atoms with van der Waals surface area (Å²) >= 11 is 0. The van der Waals surface area contributed by atoms with E-state index in [0.717, 1.165) is 25.9 Å². The van der Waals surface area contributed by atoms with Gasteiger partial charge in [0.15, 0.2) is 0 Å². The first kappa shape index (κ1) is 15.2. The number of ether oxygens (including phenoxy) is 1. The van der Waals surface area contributed by atoms with Crippen LogP contribution in [0.4, 0.5) is 0 Å². The first-order valence-corrected chi connectivity index (χ1v) is 8.90. The molecule has 2 atom stereocenters. The van der Waals surface area contributed by atoms with Gasteiger partial charge in [0.1, 0.15) is 0 Å². The molecule has 2 heterocycles. The molecule has 0 bridgehead atoms. The Bertz CT molecular complexity index is 381. The van der Waals surface area contributed by atoms with Crippen molar-refractivity contribution in [1.29, 1.82) is 0 Å². The SMILES string of the molecule is CCS(=O)(=O)N1CCC(N2C[C@@H](C)O[C@@H](C)C2)CC1. The topological polar surface area (TPSA) is 49.9 Å². The van der Waals surface area contributed by atoms with Crippen LogP contribution in [0, 0.1) is 0 Å². The van der Waals surface area contributed by atoms with Gasteiger partial charge in [-0.3, -0.25) is 4.90 Å². The first-order chi connectivity index (χ1) is 8.92. The first-order valence-electron chi connectivity index (χ1n) is 7.29. The highest BCUT2D eigenvalue weighted by molar-refractivity contribution is 7.89. The average molecular weight is 290 g/mol. The fourth-order valence-electron chi connectivity index (χ4n) is 3.18. The maximum absolute atomic E-state index is 11.8. The van der Waals surface area contributed by atoms with E-state index in [1.165, 1.54) is 0 Å². The molecule has 112 valence electrons. The maximum atomic E-state index is 11.8. The van der Waals surface area contributed by atoms with Crippen molar-refractivity contribution < 1.29 is 13.2 Å². The molecule has 0 radical (unpaired) electrons. The summed E-state index contributed by atoms with van der Waals surface area (Å²) in [6, 6.07) is 0.511. The van der Waals surface area contributed by atoms with Gasteiger partial charge in [0.2, 0.25) is 10.0 Å². The van der Waals surface area contributed by atoms with Crippen LogP contribution in [0.2, 0.25) is 0 Å². The van der Waals surface area contributed by atoms with E-state index in [1.807, 2.05) is 0 Å². The van der Waals surface area contributed by atoms with Crippen molar-refractivity contribution >= 4 is 10.0 Å². The minimum atomic E-state index is -3.01. The van der Waals surface area contributed by atoms with Crippen LogP contribution in [0.5, 0.6) is 0 Å². The lowest BCUT2D eigenvalue weighted by molar-refractivity contribution is -0.0847. The smallest absolute Gasteiger partial charge is 0.213 e. The van der Waals surface area contributed by atoms with E-state index in [-0.39, 0.29) is 18.0 Å². The number of hydrogen-bond donors (Lipinski definition) is 0. The predicted molar refractivity (Wildman–Crippen MR) is 75.6 cm³/mol. The summed E-state index contributed by atoms with van der Waals surface area (Å²) in [5, 5.41) is 0. The number of morpholine rings is 1. The van der Waals surface area contributed by atoms with Gasteiger partial charge in [0.25, 0.3) is 0 Å². The summed E-state index contributed by atoms with van der Waals surface area (Å²) in [5.41, 5.74) is 0. The third kappa shape index (κ3) is 3.68. The Morgan fingerprint density at radius 1 is 1.11 bits per heavy atom. The van der Waals surface area contributed by atoms with Gasteiger partial charge in [-0.15, -0.1) is 0 Å². The summed E-state index contributed by atoms with van der Waals surface area (Å²) in [6.45, 7) is 9.21. The largest absolute Gasteiger partial charge is 0.373 e. The van der Waals surface area contributed by atoms with Crippen LogP contribution >= 0.6 is 0 Å². The lowest BCUT2D eigenvalue weighted by atomic mass is 10.0. The van der Waals surface area contributed by atoms with Crippen molar-refractivity contribution in [1.82, 2.24) is 9.21 Å². The molecular formula is C13H26N2O3S. The minimum Gasteiger partial charge on any atom is -0.373 e. The minimum absolute atomic E-state index is 0.212. The Morgan fingerprint density at radius 2 is 1.63 bits per heavy atom. The molecule has 0 aromatic heterocycles. The van der Waals surface area contributed by atoms with Gasteiger partial charge in [-0.05, 0) is 33.6 Å². The van der Waals surface area contributed by atoms with Crippen molar-refractivity contribution in [2.45, 2.75) is 51.9 Å². The van der Waals surface area contributed by atoms with Crippen LogP contribution in [-0.4, -0.2) is 67.8 Å². The molecule has 0 aliphatic carbocycles. The van der Waals surface area contributed by atoms with Gasteiger partial charge >= 0.3 is 0 Å². The van der Waals surface area contributed by atoms with Gasteiger partial charge in [0, 0.05) is 32.2 Å². The Labute approximate surface area is 117 Å². The van der Waals surface area contributed by atoms with Gasteiger partial charge in [0.05, 0.1) is 18.0 Å². The molecule has 0 aromatic carbocycles. The van der Waals surface area contributed by atoms with Crippen LogP contribution in [0.25, 0.3) is 0 Å². The Morgan fingerprint density at radius 3 is 2.11 bits per heavy atom. The molecule has 5 nitrogen and oxygen atoms in total. The van der Waals surface area contributed by atoms with Crippen LogP contribution in [0.15, 0.2) is 0 Å². The molecule has 2 saturated heterocycles. The lowest BCUT2D eigenvalue weighted by Crippen LogP contribution is -2.53. The lowest BCUT2D eigenvalue weighted by Gasteiger charge is -2.43. The average Bonchev–Trinajstić information content (AvgIpc) is 2.38. The molecule has 6 heteroatoms. The Hall–Kier alpha value is -0.170. The quantitative estimate of drug-likeness (QED) is 0.775. The van der Waals surface area contributed by atoms with Gasteiger partial charge in [-0.25, -0.2) is 12.7 Å². The molecule has 2 fully saturated rings. The number of rotatable bonds is 3. The van der Waals surface area contributed by atoms with Crippen molar-refractivity contribution in [3.63, 3.8) is 0 Å². The number of sulfonamides is 1. The van der Waals surface area contributed by atoms with Crippen LogP contribution in [0.3, 0.4) is 0 Å². The maximum Gasteiger partial charge on any atom is 0.213 e. The number of piperidine rings is 1. The molecule has 0 unspecified atom stereocenters. The zero-order valence-electron chi connectivity index (χ0n) is 12.2. The van der Waals surface area contributed by atoms with E-state index < -0.39 is 10.0 Å². The van der Waals surface area contributed by atoms with Gasteiger partial charge < -0.3 is 4.74 Å². The van der Waals surface area contributed by atoms with Crippen LogP contribution in [-0.2, 0) is 14.8 Å². The van der Waals surface area contributed by atoms with Crippen LogP contribution < -0.4 is 0 Å². The van der Waals surface area contributed by atoms with Crippen LogP contribution in [0.1, 0.15) is 33.6 Å². The summed E-state index contributed by atoms with van der Waals surface area (Å²) in [4.78, 5) is 2.48. The highest BCUT2D eigenvalue weighted by atomic mass is 32.2. The standard InChI is InChI=1S/C13H26N2O3S/c1-4-19(16,17)15-7-5-13(6-8-15)14-9-11(2)18-12(3)10-14/h11-13H,4-10H2,1-3H3/t11-,12+. The van der Waals surface area contributed by atoms with Gasteiger partial charge in [-0.1, -0.05) is 0 Å². The predicted octanol–water partition coefficient (Wildman–Crippen LogP) is 0.910. The molecule has 0 aromatic rings. The molecule has 0 amide bonds. The third-order valence-corrected chi connectivity index (χ3v) is 6.03. The van der Waals surface area contributed by atoms with E-state index in [1.54, 1.807) is 11.2 Å². The normalized spacial score (nSPS) is 32.6. The molecule has 2 aliphatic heterocycles. The zero-order valence-corrected chi connectivity index (χ0v) is 13.0. The molecule has 0 spiro atoms. The highest BCUT2D eigenvalue weighted by Gasteiger charge is 2.32. The zero-order chi connectivity index (χ0) is 14.0. The summed E-state index contributed by atoms with van der Waals surface area (Å²) < 4.78 is 31.1. The van der Waals surface area contributed by atoms with Gasteiger partial charge in [-0.2, -0.15) is 0 Å². The molecule has 2 aliphatic rings. The second kappa shape index (κ2) is 6.08. The third-order valence-electron chi connectivity index (χ3n) is 4.15. The molecule has 0 N–H and O–H groups in total. The monoisotopic (exact) mass is 290 g/mol. The van der Waals surface area contributed by atoms with Crippen molar-refractivity contribution in [3.8, 4) is 0 Å². The summed E-state index contributed by atoms with van der Waals surface area (Å²) in [7, 11) is -3.01.